The van der Waals surface area contributed by atoms with Crippen LogP contribution in [-0.4, -0.2) is 40.2 Å². The van der Waals surface area contributed by atoms with E-state index in [0.29, 0.717) is 19.4 Å². The van der Waals surface area contributed by atoms with Gasteiger partial charge in [0.1, 0.15) is 6.04 Å². The number of likely N-dealkylation sites (tertiary alicyclic amines) is 1. The molecule has 1 aromatic carbocycles. The maximum Gasteiger partial charge on any atom is 0.325 e. The Hall–Kier alpha value is -2.95. The normalized spacial score (nSPS) is 16.8. The minimum absolute atomic E-state index is 0.221. The molecule has 0 N–H and O–H groups in total. The Balaban J connectivity index is 2.33. The van der Waals surface area contributed by atoms with E-state index in [-0.39, 0.29) is 17.2 Å². The van der Waals surface area contributed by atoms with Crippen LogP contribution in [0.25, 0.3) is 16.0 Å². The third kappa shape index (κ3) is 2.97. The Morgan fingerprint density at radius 3 is 2.81 bits per heavy atom. The maximum atomic E-state index is 12.5. The van der Waals surface area contributed by atoms with Crippen molar-refractivity contribution >= 4 is 23.6 Å². The SMILES string of the molecule is [N-]=[N+]=CC(=O)[C@@H]1CCCN1C(=O)c1ccccc1N=[N+]=[N-]. The van der Waals surface area contributed by atoms with E-state index >= 15 is 0 Å². The number of carbonyl (C=O) groups excluding carboxylic acids is 2. The highest BCUT2D eigenvalue weighted by molar-refractivity contribution is 6.28. The zero-order valence-corrected chi connectivity index (χ0v) is 11.1. The van der Waals surface area contributed by atoms with Gasteiger partial charge < -0.3 is 10.4 Å². The average molecular weight is 284 g/mol. The summed E-state index contributed by atoms with van der Waals surface area (Å²) in [5, 5.41) is 3.49. The second-order valence-electron chi connectivity index (χ2n) is 4.51. The highest BCUT2D eigenvalue weighted by Gasteiger charge is 2.35. The quantitative estimate of drug-likeness (QED) is 0.363. The van der Waals surface area contributed by atoms with Crippen molar-refractivity contribution in [3.8, 4) is 0 Å². The number of Topliss-reactive ketones (excluding diaryl/α,β-unsaturated/α-hetero) is 1. The van der Waals surface area contributed by atoms with E-state index in [2.05, 4.69) is 14.8 Å². The van der Waals surface area contributed by atoms with Crippen molar-refractivity contribution in [2.75, 3.05) is 6.54 Å². The van der Waals surface area contributed by atoms with Crippen molar-refractivity contribution in [1.29, 1.82) is 0 Å². The van der Waals surface area contributed by atoms with Crippen molar-refractivity contribution in [1.82, 2.24) is 4.90 Å². The number of amides is 1. The molecule has 8 heteroatoms. The summed E-state index contributed by atoms with van der Waals surface area (Å²) in [5.41, 5.74) is 17.4. The first kappa shape index (κ1) is 14.5. The average Bonchev–Trinajstić information content (AvgIpc) is 2.97. The first-order chi connectivity index (χ1) is 10.2. The van der Waals surface area contributed by atoms with E-state index in [1.165, 1.54) is 11.0 Å². The summed E-state index contributed by atoms with van der Waals surface area (Å²) in [7, 11) is 0. The van der Waals surface area contributed by atoms with Gasteiger partial charge in [-0.15, -0.1) is 0 Å². The van der Waals surface area contributed by atoms with Gasteiger partial charge in [0.05, 0.1) is 5.69 Å². The first-order valence-corrected chi connectivity index (χ1v) is 6.35. The van der Waals surface area contributed by atoms with Gasteiger partial charge in [0.25, 0.3) is 11.7 Å². The second kappa shape index (κ2) is 6.47. The molecule has 1 aliphatic rings. The number of hydrogen-bond donors (Lipinski definition) is 0. The lowest BCUT2D eigenvalue weighted by molar-refractivity contribution is -0.119. The van der Waals surface area contributed by atoms with Crippen LogP contribution in [0.5, 0.6) is 0 Å². The lowest BCUT2D eigenvalue weighted by atomic mass is 10.1. The molecular weight excluding hydrogens is 272 g/mol. The van der Waals surface area contributed by atoms with E-state index in [0.717, 1.165) is 6.21 Å². The van der Waals surface area contributed by atoms with Crippen LogP contribution in [0.15, 0.2) is 29.4 Å². The zero-order valence-electron chi connectivity index (χ0n) is 11.1. The molecule has 21 heavy (non-hydrogen) atoms. The molecule has 8 nitrogen and oxygen atoms in total. The van der Waals surface area contributed by atoms with Gasteiger partial charge >= 0.3 is 6.21 Å². The first-order valence-electron chi connectivity index (χ1n) is 6.35. The molecule has 1 aliphatic heterocycles. The van der Waals surface area contributed by atoms with Crippen molar-refractivity contribution in [2.45, 2.75) is 18.9 Å². The van der Waals surface area contributed by atoms with Crippen molar-refractivity contribution in [3.63, 3.8) is 0 Å². The van der Waals surface area contributed by atoms with Crippen LogP contribution >= 0.6 is 0 Å². The van der Waals surface area contributed by atoms with Gasteiger partial charge in [-0.2, -0.15) is 4.79 Å². The predicted octanol–water partition coefficient (Wildman–Crippen LogP) is 2.10. The van der Waals surface area contributed by atoms with Crippen LogP contribution in [0, 0.1) is 0 Å². The van der Waals surface area contributed by atoms with Gasteiger partial charge in [0.15, 0.2) is 0 Å². The van der Waals surface area contributed by atoms with Gasteiger partial charge in [-0.3, -0.25) is 9.59 Å². The molecule has 106 valence electrons. The molecular formula is C13H12N6O2. The van der Waals surface area contributed by atoms with E-state index in [4.69, 9.17) is 11.1 Å². The monoisotopic (exact) mass is 284 g/mol. The van der Waals surface area contributed by atoms with Crippen LogP contribution in [-0.2, 0) is 4.79 Å². The lowest BCUT2D eigenvalue weighted by Gasteiger charge is -2.22. The van der Waals surface area contributed by atoms with Gasteiger partial charge in [-0.1, -0.05) is 23.3 Å². The van der Waals surface area contributed by atoms with Gasteiger partial charge in [-0.05, 0) is 24.4 Å². The third-order valence-corrected chi connectivity index (χ3v) is 3.31. The molecule has 1 amide bonds. The molecule has 0 aliphatic carbocycles. The standard InChI is InChI=1S/C13H12N6O2/c14-16-8-12(20)11-6-3-7-19(11)13(21)9-4-1-2-5-10(9)17-18-15/h1-2,4-5,8,11H,3,6-7H2/t11-/m0/s1. The molecule has 1 aromatic rings. The topological polar surface area (TPSA) is 123 Å². The summed E-state index contributed by atoms with van der Waals surface area (Å²) in [6, 6.07) is 5.76. The van der Waals surface area contributed by atoms with Crippen LogP contribution in [0.2, 0.25) is 0 Å². The zero-order chi connectivity index (χ0) is 15.2. The highest BCUT2D eigenvalue weighted by Crippen LogP contribution is 2.25. The molecule has 1 fully saturated rings. The van der Waals surface area contributed by atoms with E-state index < -0.39 is 11.8 Å². The number of azide groups is 1. The summed E-state index contributed by atoms with van der Waals surface area (Å²) in [4.78, 5) is 31.2. The molecule has 0 spiro atoms. The Labute approximate surface area is 120 Å². The predicted molar refractivity (Wildman–Crippen MR) is 74.0 cm³/mol. The largest absolute Gasteiger partial charge is 0.361 e. The number of hydrogen-bond acceptors (Lipinski definition) is 3. The number of rotatable bonds is 4. The minimum atomic E-state index is -0.646. The number of nitrogens with zero attached hydrogens (tertiary/aromatic N) is 6. The van der Waals surface area contributed by atoms with Gasteiger partial charge in [0, 0.05) is 17.0 Å². The fraction of sp³-hybridized carbons (Fsp3) is 0.308. The number of ketones is 1. The minimum Gasteiger partial charge on any atom is -0.361 e. The molecule has 1 heterocycles. The lowest BCUT2D eigenvalue weighted by Crippen LogP contribution is -2.41. The summed E-state index contributed by atoms with van der Waals surface area (Å²) in [5.74, 6) is -0.801. The summed E-state index contributed by atoms with van der Waals surface area (Å²) in [6.45, 7) is 0.430. The van der Waals surface area contributed by atoms with Gasteiger partial charge in [-0.25, -0.2) is 0 Å². The number of carbonyl (C=O) groups is 2. The summed E-state index contributed by atoms with van der Waals surface area (Å²) in [6.07, 6.45) is 2.00. The molecule has 0 unspecified atom stereocenters. The summed E-state index contributed by atoms with van der Waals surface area (Å²) < 4.78 is 0. The van der Waals surface area contributed by atoms with Crippen LogP contribution in [0.1, 0.15) is 23.2 Å². The Morgan fingerprint density at radius 1 is 1.33 bits per heavy atom. The van der Waals surface area contributed by atoms with Crippen molar-refractivity contribution in [3.05, 3.63) is 45.8 Å². The molecule has 1 saturated heterocycles. The second-order valence-corrected chi connectivity index (χ2v) is 4.51. The smallest absolute Gasteiger partial charge is 0.325 e. The van der Waals surface area contributed by atoms with Crippen molar-refractivity contribution in [2.24, 2.45) is 5.11 Å². The highest BCUT2D eigenvalue weighted by atomic mass is 16.2. The molecule has 0 bridgehead atoms. The molecule has 0 saturated carbocycles. The van der Waals surface area contributed by atoms with E-state index in [1.807, 2.05) is 0 Å². The Kier molecular flexibility index (Phi) is 4.46. The Bertz CT molecular complexity index is 673. The number of benzene rings is 1. The Morgan fingerprint density at radius 2 is 2.10 bits per heavy atom. The molecule has 1 atom stereocenters. The van der Waals surface area contributed by atoms with Crippen molar-refractivity contribution < 1.29 is 14.4 Å². The molecule has 2 rings (SSSR count). The fourth-order valence-corrected chi connectivity index (χ4v) is 2.39. The molecule has 0 aromatic heterocycles. The van der Waals surface area contributed by atoms with Crippen LogP contribution in [0.3, 0.4) is 0 Å². The van der Waals surface area contributed by atoms with Gasteiger partial charge in [0.2, 0.25) is 0 Å². The van der Waals surface area contributed by atoms with E-state index in [1.54, 1.807) is 18.2 Å². The van der Waals surface area contributed by atoms with E-state index in [9.17, 15) is 9.59 Å². The van der Waals surface area contributed by atoms with Crippen LogP contribution < -0.4 is 0 Å². The maximum absolute atomic E-state index is 12.5. The third-order valence-electron chi connectivity index (χ3n) is 3.31. The summed E-state index contributed by atoms with van der Waals surface area (Å²) >= 11 is 0. The fourth-order valence-electron chi connectivity index (χ4n) is 2.39. The molecule has 0 radical (unpaired) electrons. The van der Waals surface area contributed by atoms with Crippen LogP contribution in [0.4, 0.5) is 5.69 Å².